The summed E-state index contributed by atoms with van der Waals surface area (Å²) < 4.78 is 3.61. The van der Waals surface area contributed by atoms with Crippen LogP contribution in [0.25, 0.3) is 0 Å². The van der Waals surface area contributed by atoms with Crippen LogP contribution in [0.1, 0.15) is 5.56 Å². The molecule has 0 aliphatic heterocycles. The van der Waals surface area contributed by atoms with Gasteiger partial charge in [-0.1, -0.05) is 0 Å². The third-order valence-corrected chi connectivity index (χ3v) is 2.13. The standard InChI is InChI=1S/C8H6BrNSe/c1-6-2-3-7(9)8(4-6)10-5-11/h2-4H,1H3. The molecule has 1 aromatic rings. The summed E-state index contributed by atoms with van der Waals surface area (Å²) in [6, 6.07) is 6.00. The molecule has 0 bridgehead atoms. The SMILES string of the molecule is Cc1ccc(Br)c(N=C=[Se])c1. The molecule has 1 rings (SSSR count). The van der Waals surface area contributed by atoms with Crippen LogP contribution in [0.5, 0.6) is 0 Å². The van der Waals surface area contributed by atoms with Gasteiger partial charge in [-0.15, -0.1) is 0 Å². The Hall–Kier alpha value is -0.201. The third-order valence-electron chi connectivity index (χ3n) is 1.27. The summed E-state index contributed by atoms with van der Waals surface area (Å²) in [6.45, 7) is 2.03. The Morgan fingerprint density at radius 3 is 2.91 bits per heavy atom. The second-order valence-electron chi connectivity index (χ2n) is 2.16. The van der Waals surface area contributed by atoms with Crippen molar-refractivity contribution >= 4 is 41.9 Å². The summed E-state index contributed by atoms with van der Waals surface area (Å²) in [5.41, 5.74) is 2.10. The zero-order valence-corrected chi connectivity index (χ0v) is 9.26. The van der Waals surface area contributed by atoms with E-state index < -0.39 is 0 Å². The first-order valence-corrected chi connectivity index (χ1v) is 4.73. The zero-order chi connectivity index (χ0) is 8.27. The molecule has 3 heteroatoms. The number of aryl methyl sites for hydroxylation is 1. The molecule has 0 heterocycles. The van der Waals surface area contributed by atoms with Crippen LogP contribution < -0.4 is 0 Å². The summed E-state index contributed by atoms with van der Waals surface area (Å²) in [5, 5.41) is 0. The Labute approximate surface area is 82.0 Å². The van der Waals surface area contributed by atoms with Gasteiger partial charge >= 0.3 is 82.1 Å². The normalized spacial score (nSPS) is 8.91. The van der Waals surface area contributed by atoms with E-state index in [4.69, 9.17) is 0 Å². The number of halogens is 1. The number of hydrogen-bond acceptors (Lipinski definition) is 1. The van der Waals surface area contributed by atoms with Gasteiger partial charge in [0.05, 0.1) is 0 Å². The van der Waals surface area contributed by atoms with E-state index >= 15 is 0 Å². The van der Waals surface area contributed by atoms with E-state index in [1.165, 1.54) is 5.56 Å². The fourth-order valence-electron chi connectivity index (χ4n) is 0.758. The van der Waals surface area contributed by atoms with Gasteiger partial charge in [0, 0.05) is 0 Å². The molecular weight excluding hydrogens is 269 g/mol. The van der Waals surface area contributed by atoms with Crippen molar-refractivity contribution in [2.75, 3.05) is 0 Å². The zero-order valence-electron chi connectivity index (χ0n) is 5.97. The summed E-state index contributed by atoms with van der Waals surface area (Å²) >= 11 is 5.98. The molecule has 0 fully saturated rings. The van der Waals surface area contributed by atoms with E-state index in [2.05, 4.69) is 41.2 Å². The molecule has 1 nitrogen and oxygen atoms in total. The first-order valence-electron chi connectivity index (χ1n) is 3.08. The molecule has 0 unspecified atom stereocenters. The van der Waals surface area contributed by atoms with Crippen LogP contribution >= 0.6 is 15.9 Å². The van der Waals surface area contributed by atoms with Gasteiger partial charge in [-0.2, -0.15) is 0 Å². The maximum atomic E-state index is 4.01. The third kappa shape index (κ3) is 2.39. The molecule has 0 saturated carbocycles. The summed E-state index contributed by atoms with van der Waals surface area (Å²) in [6.07, 6.45) is 0. The van der Waals surface area contributed by atoms with Gasteiger partial charge in [-0.3, -0.25) is 0 Å². The monoisotopic (exact) mass is 275 g/mol. The molecule has 1 aromatic carbocycles. The van der Waals surface area contributed by atoms with Gasteiger partial charge in [-0.25, -0.2) is 0 Å². The van der Waals surface area contributed by atoms with Gasteiger partial charge in [-0.05, 0) is 0 Å². The van der Waals surface area contributed by atoms with E-state index in [1.807, 2.05) is 25.1 Å². The Bertz CT molecular complexity index is 316. The van der Waals surface area contributed by atoms with E-state index in [1.54, 1.807) is 0 Å². The average molecular weight is 275 g/mol. The van der Waals surface area contributed by atoms with Crippen molar-refractivity contribution in [2.24, 2.45) is 4.99 Å². The minimum atomic E-state index is 0.906. The van der Waals surface area contributed by atoms with Gasteiger partial charge in [0.2, 0.25) is 0 Å². The van der Waals surface area contributed by atoms with Gasteiger partial charge in [0.25, 0.3) is 0 Å². The van der Waals surface area contributed by atoms with Crippen LogP contribution in [-0.4, -0.2) is 20.3 Å². The fourth-order valence-corrected chi connectivity index (χ4v) is 1.30. The van der Waals surface area contributed by atoms with E-state index in [9.17, 15) is 0 Å². The topological polar surface area (TPSA) is 12.4 Å². The Balaban J connectivity index is 3.22. The van der Waals surface area contributed by atoms with E-state index in [0.717, 1.165) is 10.2 Å². The molecule has 0 amide bonds. The average Bonchev–Trinajstić information content (AvgIpc) is 1.98. The van der Waals surface area contributed by atoms with Crippen molar-refractivity contribution < 1.29 is 0 Å². The molecule has 11 heavy (non-hydrogen) atoms. The molecule has 56 valence electrons. The van der Waals surface area contributed by atoms with Crippen LogP contribution in [0.3, 0.4) is 0 Å². The number of nitrogens with zero attached hydrogens (tertiary/aromatic N) is 1. The second-order valence-corrected chi connectivity index (χ2v) is 3.40. The molecule has 0 aliphatic carbocycles. The predicted octanol–water partition coefficient (Wildman–Crippen LogP) is 2.46. The van der Waals surface area contributed by atoms with Gasteiger partial charge < -0.3 is 0 Å². The Morgan fingerprint density at radius 1 is 1.55 bits per heavy atom. The number of hydrogen-bond donors (Lipinski definition) is 0. The first kappa shape index (κ1) is 8.89. The fraction of sp³-hybridized carbons (Fsp3) is 0.125. The molecule has 0 saturated heterocycles. The second kappa shape index (κ2) is 3.98. The maximum absolute atomic E-state index is 4.01. The summed E-state index contributed by atoms with van der Waals surface area (Å²) in [7, 11) is 0. The molecule has 0 atom stereocenters. The molecule has 0 N–H and O–H groups in total. The van der Waals surface area contributed by atoms with Crippen LogP contribution in [-0.2, 0) is 0 Å². The molecule has 0 aromatic heterocycles. The van der Waals surface area contributed by atoms with Crippen LogP contribution in [0.15, 0.2) is 27.7 Å². The number of benzene rings is 1. The van der Waals surface area contributed by atoms with E-state index in [0.29, 0.717) is 0 Å². The summed E-state index contributed by atoms with van der Waals surface area (Å²) in [4.78, 5) is 4.01. The summed E-state index contributed by atoms with van der Waals surface area (Å²) in [5.74, 6) is 0. The van der Waals surface area contributed by atoms with Crippen molar-refractivity contribution in [1.82, 2.24) is 0 Å². The molecule has 0 spiro atoms. The van der Waals surface area contributed by atoms with Crippen LogP contribution in [0, 0.1) is 6.92 Å². The molecule has 0 radical (unpaired) electrons. The molecular formula is C8H6BrNSe. The van der Waals surface area contributed by atoms with Crippen molar-refractivity contribution in [3.05, 3.63) is 28.2 Å². The van der Waals surface area contributed by atoms with Crippen molar-refractivity contribution in [3.63, 3.8) is 0 Å². The van der Waals surface area contributed by atoms with Crippen molar-refractivity contribution in [1.29, 1.82) is 0 Å². The van der Waals surface area contributed by atoms with Crippen LogP contribution in [0.4, 0.5) is 5.69 Å². The number of aliphatic imine (C=N–C) groups is 1. The van der Waals surface area contributed by atoms with E-state index in [-0.39, 0.29) is 0 Å². The van der Waals surface area contributed by atoms with Crippen LogP contribution in [0.2, 0.25) is 0 Å². The van der Waals surface area contributed by atoms with Crippen molar-refractivity contribution in [2.45, 2.75) is 6.92 Å². The Kier molecular flexibility index (Phi) is 3.22. The van der Waals surface area contributed by atoms with Crippen molar-refractivity contribution in [3.8, 4) is 0 Å². The molecule has 0 aliphatic rings. The first-order chi connectivity index (χ1) is 5.24. The Morgan fingerprint density at radius 2 is 2.27 bits per heavy atom. The predicted molar refractivity (Wildman–Crippen MR) is 51.7 cm³/mol. The number of rotatable bonds is 1. The quantitative estimate of drug-likeness (QED) is 0.551. The van der Waals surface area contributed by atoms with Gasteiger partial charge in [0.15, 0.2) is 0 Å². The van der Waals surface area contributed by atoms with Gasteiger partial charge in [0.1, 0.15) is 0 Å². The minimum absolute atomic E-state index is 0.906.